The highest BCUT2D eigenvalue weighted by Gasteiger charge is 2.26. The van der Waals surface area contributed by atoms with Crippen molar-refractivity contribution in [1.29, 1.82) is 0 Å². The number of piperidine rings is 1. The number of hydrogen-bond acceptors (Lipinski definition) is 1. The van der Waals surface area contributed by atoms with E-state index in [9.17, 15) is 4.39 Å². The standard InChI is InChI=1S/C7H14FN/c1-5-3-9-4-6(2)7(5)8/h5-7,9H,3-4H2,1-2H3. The van der Waals surface area contributed by atoms with Gasteiger partial charge in [-0.2, -0.15) is 0 Å². The van der Waals surface area contributed by atoms with Crippen molar-refractivity contribution in [3.63, 3.8) is 0 Å². The monoisotopic (exact) mass is 131 g/mol. The molecule has 1 aliphatic rings. The second-order valence-corrected chi connectivity index (χ2v) is 3.06. The minimum absolute atomic E-state index is 0.203. The maximum atomic E-state index is 12.9. The van der Waals surface area contributed by atoms with Crippen LogP contribution in [-0.2, 0) is 0 Å². The molecule has 0 amide bonds. The summed E-state index contributed by atoms with van der Waals surface area (Å²) in [5.41, 5.74) is 0. The van der Waals surface area contributed by atoms with Crippen molar-refractivity contribution in [2.75, 3.05) is 13.1 Å². The predicted molar refractivity (Wildman–Crippen MR) is 36.1 cm³/mol. The van der Waals surface area contributed by atoms with E-state index in [1.807, 2.05) is 13.8 Å². The lowest BCUT2D eigenvalue weighted by Crippen LogP contribution is -2.42. The molecule has 0 bridgehead atoms. The molecule has 9 heavy (non-hydrogen) atoms. The van der Waals surface area contributed by atoms with Gasteiger partial charge in [-0.25, -0.2) is 4.39 Å². The van der Waals surface area contributed by atoms with E-state index in [1.165, 1.54) is 0 Å². The van der Waals surface area contributed by atoms with Crippen LogP contribution in [0.25, 0.3) is 0 Å². The molecule has 1 saturated heterocycles. The molecule has 2 unspecified atom stereocenters. The number of nitrogens with one attached hydrogen (secondary N) is 1. The van der Waals surface area contributed by atoms with Gasteiger partial charge >= 0.3 is 0 Å². The van der Waals surface area contributed by atoms with E-state index in [-0.39, 0.29) is 11.8 Å². The highest BCUT2D eigenvalue weighted by Crippen LogP contribution is 2.19. The summed E-state index contributed by atoms with van der Waals surface area (Å²) < 4.78 is 12.9. The van der Waals surface area contributed by atoms with Crippen LogP contribution in [-0.4, -0.2) is 19.3 Å². The first-order valence-electron chi connectivity index (χ1n) is 3.56. The van der Waals surface area contributed by atoms with Crippen LogP contribution in [0.15, 0.2) is 0 Å². The molecule has 0 aliphatic carbocycles. The van der Waals surface area contributed by atoms with E-state index in [0.29, 0.717) is 0 Å². The average Bonchev–Trinajstić information content (AvgIpc) is 1.83. The summed E-state index contributed by atoms with van der Waals surface area (Å²) in [6.07, 6.45) is -0.591. The van der Waals surface area contributed by atoms with Gasteiger partial charge in [0.15, 0.2) is 0 Å². The summed E-state index contributed by atoms with van der Waals surface area (Å²) >= 11 is 0. The van der Waals surface area contributed by atoms with Gasteiger partial charge in [0.1, 0.15) is 6.17 Å². The highest BCUT2D eigenvalue weighted by molar-refractivity contribution is 4.79. The smallest absolute Gasteiger partial charge is 0.108 e. The van der Waals surface area contributed by atoms with Crippen molar-refractivity contribution in [2.45, 2.75) is 20.0 Å². The molecular formula is C7H14FN. The molecule has 1 fully saturated rings. The zero-order chi connectivity index (χ0) is 6.85. The van der Waals surface area contributed by atoms with E-state index in [4.69, 9.17) is 0 Å². The van der Waals surface area contributed by atoms with Gasteiger partial charge in [0.05, 0.1) is 0 Å². The number of rotatable bonds is 0. The van der Waals surface area contributed by atoms with Gasteiger partial charge in [-0.1, -0.05) is 13.8 Å². The van der Waals surface area contributed by atoms with Crippen molar-refractivity contribution in [1.82, 2.24) is 5.32 Å². The SMILES string of the molecule is CC1CNCC(C)C1F. The normalized spacial score (nSPS) is 45.0. The van der Waals surface area contributed by atoms with E-state index < -0.39 is 6.17 Å². The Morgan fingerprint density at radius 2 is 1.67 bits per heavy atom. The van der Waals surface area contributed by atoms with Crippen LogP contribution in [0.5, 0.6) is 0 Å². The summed E-state index contributed by atoms with van der Waals surface area (Å²) in [5, 5.41) is 3.17. The third kappa shape index (κ3) is 1.42. The van der Waals surface area contributed by atoms with Crippen molar-refractivity contribution < 1.29 is 4.39 Å². The van der Waals surface area contributed by atoms with Crippen molar-refractivity contribution in [3.05, 3.63) is 0 Å². The van der Waals surface area contributed by atoms with Gasteiger partial charge in [-0.3, -0.25) is 0 Å². The van der Waals surface area contributed by atoms with Gasteiger partial charge in [0.2, 0.25) is 0 Å². The van der Waals surface area contributed by atoms with Gasteiger partial charge in [0.25, 0.3) is 0 Å². The quantitative estimate of drug-likeness (QED) is 0.521. The van der Waals surface area contributed by atoms with Crippen LogP contribution in [0, 0.1) is 11.8 Å². The summed E-state index contributed by atoms with van der Waals surface area (Å²) in [5.74, 6) is 0.405. The number of hydrogen-bond donors (Lipinski definition) is 1. The second kappa shape index (κ2) is 2.65. The predicted octanol–water partition coefficient (Wildman–Crippen LogP) is 1.20. The first kappa shape index (κ1) is 7.00. The van der Waals surface area contributed by atoms with Crippen LogP contribution >= 0.6 is 0 Å². The Morgan fingerprint density at radius 1 is 1.22 bits per heavy atom. The zero-order valence-electron chi connectivity index (χ0n) is 6.02. The molecule has 1 nitrogen and oxygen atoms in total. The first-order valence-corrected chi connectivity index (χ1v) is 3.56. The molecular weight excluding hydrogens is 117 g/mol. The minimum atomic E-state index is -0.591. The van der Waals surface area contributed by atoms with Crippen LogP contribution in [0.1, 0.15) is 13.8 Å². The molecule has 0 aromatic heterocycles. The highest BCUT2D eigenvalue weighted by atomic mass is 19.1. The van der Waals surface area contributed by atoms with Crippen LogP contribution in [0.2, 0.25) is 0 Å². The third-order valence-electron chi connectivity index (χ3n) is 2.02. The second-order valence-electron chi connectivity index (χ2n) is 3.06. The zero-order valence-corrected chi connectivity index (χ0v) is 6.02. The lowest BCUT2D eigenvalue weighted by molar-refractivity contribution is 0.133. The fourth-order valence-corrected chi connectivity index (χ4v) is 1.32. The number of halogens is 1. The molecule has 0 aromatic rings. The van der Waals surface area contributed by atoms with Crippen molar-refractivity contribution >= 4 is 0 Å². The summed E-state index contributed by atoms with van der Waals surface area (Å²) in [6.45, 7) is 5.58. The Morgan fingerprint density at radius 3 is 2.00 bits per heavy atom. The molecule has 2 atom stereocenters. The summed E-state index contributed by atoms with van der Waals surface area (Å²) in [7, 11) is 0. The van der Waals surface area contributed by atoms with E-state index in [2.05, 4.69) is 5.32 Å². The maximum Gasteiger partial charge on any atom is 0.108 e. The van der Waals surface area contributed by atoms with Gasteiger partial charge in [0, 0.05) is 24.9 Å². The molecule has 0 radical (unpaired) electrons. The lowest BCUT2D eigenvalue weighted by atomic mass is 9.91. The Labute approximate surface area is 55.6 Å². The fraction of sp³-hybridized carbons (Fsp3) is 1.00. The maximum absolute atomic E-state index is 12.9. The molecule has 1 aliphatic heterocycles. The molecule has 1 rings (SSSR count). The summed E-state index contributed by atoms with van der Waals surface area (Å²) in [6, 6.07) is 0. The summed E-state index contributed by atoms with van der Waals surface area (Å²) in [4.78, 5) is 0. The molecule has 0 saturated carbocycles. The minimum Gasteiger partial charge on any atom is -0.316 e. The molecule has 54 valence electrons. The molecule has 0 aromatic carbocycles. The first-order chi connectivity index (χ1) is 4.22. The van der Waals surface area contributed by atoms with Gasteiger partial charge in [-0.15, -0.1) is 0 Å². The number of alkyl halides is 1. The molecule has 1 N–H and O–H groups in total. The van der Waals surface area contributed by atoms with Crippen LogP contribution in [0.3, 0.4) is 0 Å². The van der Waals surface area contributed by atoms with E-state index >= 15 is 0 Å². The topological polar surface area (TPSA) is 12.0 Å². The van der Waals surface area contributed by atoms with E-state index in [0.717, 1.165) is 13.1 Å². The fourth-order valence-electron chi connectivity index (χ4n) is 1.32. The Kier molecular flexibility index (Phi) is 2.06. The van der Waals surface area contributed by atoms with Gasteiger partial charge in [-0.05, 0) is 0 Å². The lowest BCUT2D eigenvalue weighted by Gasteiger charge is -2.28. The Balaban J connectivity index is 2.41. The molecule has 0 spiro atoms. The average molecular weight is 131 g/mol. The third-order valence-corrected chi connectivity index (χ3v) is 2.02. The molecule has 2 heteroatoms. The van der Waals surface area contributed by atoms with Gasteiger partial charge < -0.3 is 5.32 Å². The van der Waals surface area contributed by atoms with Crippen molar-refractivity contribution in [2.24, 2.45) is 11.8 Å². The van der Waals surface area contributed by atoms with Crippen LogP contribution < -0.4 is 5.32 Å². The Bertz CT molecular complexity index is 84.9. The van der Waals surface area contributed by atoms with Crippen LogP contribution in [0.4, 0.5) is 4.39 Å². The molecule has 1 heterocycles. The van der Waals surface area contributed by atoms with Crippen molar-refractivity contribution in [3.8, 4) is 0 Å². The van der Waals surface area contributed by atoms with E-state index in [1.54, 1.807) is 0 Å². The largest absolute Gasteiger partial charge is 0.316 e. The Hall–Kier alpha value is -0.110.